The highest BCUT2D eigenvalue weighted by Crippen LogP contribution is 2.35. The van der Waals surface area contributed by atoms with Crippen molar-refractivity contribution >= 4 is 24.0 Å². The first-order chi connectivity index (χ1) is 6.36. The average molecular weight is 210 g/mol. The molecule has 1 aromatic rings. The predicted octanol–water partition coefficient (Wildman–Crippen LogP) is 1.94. The summed E-state index contributed by atoms with van der Waals surface area (Å²) in [5.74, 6) is 0.303. The fraction of sp³-hybridized carbons (Fsp3) is 0.364. The minimum absolute atomic E-state index is 0. The number of halogens is 1. The van der Waals surface area contributed by atoms with Crippen LogP contribution in [0.25, 0.3) is 0 Å². The normalized spacial score (nSPS) is 17.7. The standard InChI is InChI=1S/C11H11NO.ClH/c13-10-5-4-8-2-1-3-9-6-7-12(10)11(8)9;/h1-3H,4-7H2;1H. The SMILES string of the molecule is Cl.O=C1CCc2cccc3c2N1CC3. The lowest BCUT2D eigenvalue weighted by Crippen LogP contribution is -2.32. The molecule has 0 unspecified atom stereocenters. The molecule has 0 saturated carbocycles. The summed E-state index contributed by atoms with van der Waals surface area (Å²) in [6, 6.07) is 6.38. The van der Waals surface area contributed by atoms with Crippen LogP contribution in [0.3, 0.4) is 0 Å². The summed E-state index contributed by atoms with van der Waals surface area (Å²) in [7, 11) is 0. The van der Waals surface area contributed by atoms with E-state index in [1.165, 1.54) is 16.8 Å². The Morgan fingerprint density at radius 2 is 1.79 bits per heavy atom. The van der Waals surface area contributed by atoms with Crippen molar-refractivity contribution in [1.82, 2.24) is 0 Å². The second-order valence-corrected chi connectivity index (χ2v) is 3.72. The van der Waals surface area contributed by atoms with E-state index in [1.807, 2.05) is 4.90 Å². The van der Waals surface area contributed by atoms with Gasteiger partial charge in [0.05, 0.1) is 5.69 Å². The van der Waals surface area contributed by atoms with Gasteiger partial charge in [0.1, 0.15) is 0 Å². The number of carbonyl (C=O) groups is 1. The van der Waals surface area contributed by atoms with Crippen molar-refractivity contribution in [2.75, 3.05) is 11.4 Å². The van der Waals surface area contributed by atoms with E-state index in [1.54, 1.807) is 0 Å². The highest BCUT2D eigenvalue weighted by molar-refractivity contribution is 5.98. The van der Waals surface area contributed by atoms with Crippen LogP contribution in [-0.2, 0) is 17.6 Å². The Morgan fingerprint density at radius 1 is 1.07 bits per heavy atom. The smallest absolute Gasteiger partial charge is 0.227 e. The third-order valence-corrected chi connectivity index (χ3v) is 2.99. The molecule has 2 nitrogen and oxygen atoms in total. The van der Waals surface area contributed by atoms with Crippen LogP contribution in [0, 0.1) is 0 Å². The Bertz CT molecular complexity index is 389. The Balaban J connectivity index is 0.000000750. The third-order valence-electron chi connectivity index (χ3n) is 2.99. The number of anilines is 1. The summed E-state index contributed by atoms with van der Waals surface area (Å²) in [4.78, 5) is 13.5. The predicted molar refractivity (Wildman–Crippen MR) is 58.1 cm³/mol. The number of rotatable bonds is 0. The number of nitrogens with zero attached hydrogens (tertiary/aromatic N) is 1. The average Bonchev–Trinajstić information content (AvgIpc) is 2.57. The maximum Gasteiger partial charge on any atom is 0.227 e. The third kappa shape index (κ3) is 1.14. The van der Waals surface area contributed by atoms with Crippen molar-refractivity contribution in [2.24, 2.45) is 0 Å². The van der Waals surface area contributed by atoms with Crippen LogP contribution in [0.2, 0.25) is 0 Å². The molecule has 0 aromatic heterocycles. The summed E-state index contributed by atoms with van der Waals surface area (Å²) in [6.07, 6.45) is 2.66. The molecular weight excluding hydrogens is 198 g/mol. The number of carbonyl (C=O) groups excluding carboxylic acids is 1. The second-order valence-electron chi connectivity index (χ2n) is 3.72. The van der Waals surface area contributed by atoms with Gasteiger partial charge in [-0.05, 0) is 24.0 Å². The van der Waals surface area contributed by atoms with Gasteiger partial charge < -0.3 is 4.90 Å². The van der Waals surface area contributed by atoms with E-state index in [-0.39, 0.29) is 12.4 Å². The lowest BCUT2D eigenvalue weighted by atomic mass is 10.00. The molecule has 1 aromatic carbocycles. The van der Waals surface area contributed by atoms with Crippen molar-refractivity contribution in [3.8, 4) is 0 Å². The van der Waals surface area contributed by atoms with Crippen molar-refractivity contribution in [2.45, 2.75) is 19.3 Å². The first-order valence-electron chi connectivity index (χ1n) is 4.77. The van der Waals surface area contributed by atoms with Gasteiger partial charge in [-0.25, -0.2) is 0 Å². The zero-order valence-corrected chi connectivity index (χ0v) is 8.64. The van der Waals surface area contributed by atoms with E-state index >= 15 is 0 Å². The molecule has 0 fully saturated rings. The molecule has 2 heterocycles. The van der Waals surface area contributed by atoms with Crippen LogP contribution < -0.4 is 4.90 Å². The maximum absolute atomic E-state index is 11.5. The van der Waals surface area contributed by atoms with Crippen LogP contribution in [0.5, 0.6) is 0 Å². The van der Waals surface area contributed by atoms with Gasteiger partial charge in [-0.2, -0.15) is 0 Å². The van der Waals surface area contributed by atoms with Crippen LogP contribution in [0.15, 0.2) is 18.2 Å². The molecule has 0 N–H and O–H groups in total. The Kier molecular flexibility index (Phi) is 2.23. The van der Waals surface area contributed by atoms with Crippen LogP contribution >= 0.6 is 12.4 Å². The van der Waals surface area contributed by atoms with Gasteiger partial charge in [-0.15, -0.1) is 12.4 Å². The summed E-state index contributed by atoms with van der Waals surface area (Å²) in [6.45, 7) is 0.894. The largest absolute Gasteiger partial charge is 0.312 e. The molecule has 2 aliphatic heterocycles. The monoisotopic (exact) mass is 209 g/mol. The van der Waals surface area contributed by atoms with E-state index in [4.69, 9.17) is 0 Å². The molecule has 2 aliphatic rings. The Labute approximate surface area is 89.3 Å². The van der Waals surface area contributed by atoms with Crippen LogP contribution in [0.1, 0.15) is 17.5 Å². The summed E-state index contributed by atoms with van der Waals surface area (Å²) >= 11 is 0. The number of benzene rings is 1. The van der Waals surface area contributed by atoms with E-state index < -0.39 is 0 Å². The van der Waals surface area contributed by atoms with Gasteiger partial charge in [0.2, 0.25) is 5.91 Å². The van der Waals surface area contributed by atoms with Crippen molar-refractivity contribution < 1.29 is 4.79 Å². The van der Waals surface area contributed by atoms with Crippen LogP contribution in [-0.4, -0.2) is 12.5 Å². The second kappa shape index (κ2) is 3.28. The molecular formula is C11H12ClNO. The summed E-state index contributed by atoms with van der Waals surface area (Å²) in [5, 5.41) is 0. The molecule has 1 amide bonds. The molecule has 0 atom stereocenters. The molecule has 0 radical (unpaired) electrons. The highest BCUT2D eigenvalue weighted by Gasteiger charge is 2.30. The summed E-state index contributed by atoms with van der Waals surface area (Å²) < 4.78 is 0. The van der Waals surface area contributed by atoms with E-state index in [0.717, 1.165) is 19.4 Å². The molecule has 14 heavy (non-hydrogen) atoms. The highest BCUT2D eigenvalue weighted by atomic mass is 35.5. The van der Waals surface area contributed by atoms with Gasteiger partial charge in [0, 0.05) is 13.0 Å². The topological polar surface area (TPSA) is 20.3 Å². The Morgan fingerprint density at radius 3 is 2.57 bits per heavy atom. The first kappa shape index (κ1) is 9.53. The lowest BCUT2D eigenvalue weighted by molar-refractivity contribution is -0.118. The number of para-hydroxylation sites is 1. The van der Waals surface area contributed by atoms with Crippen LogP contribution in [0.4, 0.5) is 5.69 Å². The number of hydrogen-bond acceptors (Lipinski definition) is 1. The van der Waals surface area contributed by atoms with Gasteiger partial charge in [0.15, 0.2) is 0 Å². The van der Waals surface area contributed by atoms with Crippen molar-refractivity contribution in [3.63, 3.8) is 0 Å². The van der Waals surface area contributed by atoms with Gasteiger partial charge >= 0.3 is 0 Å². The van der Waals surface area contributed by atoms with Crippen molar-refractivity contribution in [1.29, 1.82) is 0 Å². The molecule has 74 valence electrons. The molecule has 0 spiro atoms. The Hall–Kier alpha value is -1.02. The molecule has 3 heteroatoms. The fourth-order valence-electron chi connectivity index (χ4n) is 2.36. The van der Waals surface area contributed by atoms with E-state index in [2.05, 4.69) is 18.2 Å². The lowest BCUT2D eigenvalue weighted by Gasteiger charge is -2.24. The zero-order valence-electron chi connectivity index (χ0n) is 7.82. The number of amides is 1. The zero-order chi connectivity index (χ0) is 8.84. The van der Waals surface area contributed by atoms with Gasteiger partial charge in [-0.1, -0.05) is 18.2 Å². The van der Waals surface area contributed by atoms with E-state index in [9.17, 15) is 4.79 Å². The quantitative estimate of drug-likeness (QED) is 0.640. The molecule has 0 aliphatic carbocycles. The fourth-order valence-corrected chi connectivity index (χ4v) is 2.36. The van der Waals surface area contributed by atoms with E-state index in [0.29, 0.717) is 12.3 Å². The minimum Gasteiger partial charge on any atom is -0.312 e. The number of hydrogen-bond donors (Lipinski definition) is 0. The van der Waals surface area contributed by atoms with Gasteiger partial charge in [-0.3, -0.25) is 4.79 Å². The molecule has 0 saturated heterocycles. The first-order valence-corrected chi connectivity index (χ1v) is 4.77. The van der Waals surface area contributed by atoms with Gasteiger partial charge in [0.25, 0.3) is 0 Å². The summed E-state index contributed by atoms with van der Waals surface area (Å²) in [5.41, 5.74) is 3.93. The number of aryl methyl sites for hydroxylation is 1. The minimum atomic E-state index is 0. The molecule has 0 bridgehead atoms. The molecule has 3 rings (SSSR count). The van der Waals surface area contributed by atoms with Crippen molar-refractivity contribution in [3.05, 3.63) is 29.3 Å². The maximum atomic E-state index is 11.5.